The smallest absolute Gasteiger partial charge is 0.357 e. The number of esters is 1. The number of thiazole rings is 1. The van der Waals surface area contributed by atoms with Crippen LogP contribution in [-0.4, -0.2) is 35.8 Å². The standard InChI is InChI=1S/C32H28F2N4O4S2/c1-3-42-31(39)27-17-43-32(36-27)38-30(21-9-10-21)24(14-19-6-13-28(26(34)15-19)44(35,40)41)29(37-38)22-11-12-25(33)23(16-22)20-7-4-18(2)5-8-20/h4-8,11-13,15-17,21H,3,9-10,14H2,1-2H3,(H2,35,40,41). The van der Waals surface area contributed by atoms with E-state index in [0.717, 1.165) is 41.8 Å². The van der Waals surface area contributed by atoms with Gasteiger partial charge in [0.15, 0.2) is 5.69 Å². The Kier molecular flexibility index (Phi) is 7.91. The third-order valence-electron chi connectivity index (χ3n) is 7.43. The Balaban J connectivity index is 1.52. The van der Waals surface area contributed by atoms with Crippen molar-refractivity contribution in [2.75, 3.05) is 6.61 Å². The van der Waals surface area contributed by atoms with Gasteiger partial charge in [-0.15, -0.1) is 11.3 Å². The van der Waals surface area contributed by atoms with Gasteiger partial charge in [-0.1, -0.05) is 35.9 Å². The number of rotatable bonds is 9. The number of carbonyl (C=O) groups excluding carboxylic acids is 1. The van der Waals surface area contributed by atoms with Gasteiger partial charge < -0.3 is 4.74 Å². The Labute approximate surface area is 257 Å². The van der Waals surface area contributed by atoms with E-state index in [0.29, 0.717) is 33.1 Å². The lowest BCUT2D eigenvalue weighted by molar-refractivity contribution is 0.0520. The first-order chi connectivity index (χ1) is 21.0. The third-order valence-corrected chi connectivity index (χ3v) is 9.19. The van der Waals surface area contributed by atoms with E-state index in [1.54, 1.807) is 29.1 Å². The summed E-state index contributed by atoms with van der Waals surface area (Å²) in [5.41, 5.74) is 5.63. The molecule has 0 saturated heterocycles. The van der Waals surface area contributed by atoms with Gasteiger partial charge in [0, 0.05) is 34.4 Å². The topological polar surface area (TPSA) is 117 Å². The van der Waals surface area contributed by atoms with Crippen molar-refractivity contribution >= 4 is 27.3 Å². The second kappa shape index (κ2) is 11.7. The summed E-state index contributed by atoms with van der Waals surface area (Å²) in [4.78, 5) is 16.3. The van der Waals surface area contributed by atoms with Crippen LogP contribution in [0, 0.1) is 18.6 Å². The summed E-state index contributed by atoms with van der Waals surface area (Å²) in [6.07, 6.45) is 1.99. The van der Waals surface area contributed by atoms with Crippen molar-refractivity contribution in [2.45, 2.75) is 43.9 Å². The molecule has 44 heavy (non-hydrogen) atoms. The summed E-state index contributed by atoms with van der Waals surface area (Å²) in [5, 5.41) is 12.2. The summed E-state index contributed by atoms with van der Waals surface area (Å²) >= 11 is 1.24. The van der Waals surface area contributed by atoms with Crippen molar-refractivity contribution in [3.63, 3.8) is 0 Å². The zero-order valence-corrected chi connectivity index (χ0v) is 25.5. The summed E-state index contributed by atoms with van der Waals surface area (Å²) in [7, 11) is -4.24. The second-order valence-electron chi connectivity index (χ2n) is 10.7. The summed E-state index contributed by atoms with van der Waals surface area (Å²) in [6.45, 7) is 3.89. The molecular weight excluding hydrogens is 607 g/mol. The number of sulfonamides is 1. The Morgan fingerprint density at radius 3 is 2.43 bits per heavy atom. The van der Waals surface area contributed by atoms with Gasteiger partial charge in [-0.2, -0.15) is 5.10 Å². The molecule has 6 rings (SSSR count). The fraction of sp³-hybridized carbons (Fsp3) is 0.219. The normalized spacial score (nSPS) is 13.3. The van der Waals surface area contributed by atoms with Gasteiger partial charge in [0.05, 0.1) is 18.0 Å². The number of carbonyl (C=O) groups is 1. The fourth-order valence-electron chi connectivity index (χ4n) is 5.17. The van der Waals surface area contributed by atoms with E-state index in [1.807, 2.05) is 31.2 Å². The van der Waals surface area contributed by atoms with Crippen LogP contribution in [0.3, 0.4) is 0 Å². The summed E-state index contributed by atoms with van der Waals surface area (Å²) in [6, 6.07) is 16.2. The zero-order chi connectivity index (χ0) is 31.2. The van der Waals surface area contributed by atoms with Crippen LogP contribution in [0.25, 0.3) is 27.5 Å². The number of nitrogens with two attached hydrogens (primary N) is 1. The lowest BCUT2D eigenvalue weighted by Crippen LogP contribution is -2.14. The van der Waals surface area contributed by atoms with E-state index in [-0.39, 0.29) is 30.5 Å². The number of aromatic nitrogens is 3. The maximum atomic E-state index is 15.1. The highest BCUT2D eigenvalue weighted by molar-refractivity contribution is 7.89. The van der Waals surface area contributed by atoms with E-state index in [4.69, 9.17) is 15.0 Å². The molecule has 0 bridgehead atoms. The van der Waals surface area contributed by atoms with Crippen molar-refractivity contribution in [2.24, 2.45) is 5.14 Å². The Morgan fingerprint density at radius 1 is 1.05 bits per heavy atom. The molecule has 2 aromatic heterocycles. The number of hydrogen-bond donors (Lipinski definition) is 1. The molecule has 0 spiro atoms. The quantitative estimate of drug-likeness (QED) is 0.184. The first-order valence-electron chi connectivity index (χ1n) is 14.0. The molecular formula is C32H28F2N4O4S2. The molecule has 1 aliphatic carbocycles. The predicted octanol–water partition coefficient (Wildman–Crippen LogP) is 6.54. The minimum Gasteiger partial charge on any atom is -0.461 e. The van der Waals surface area contributed by atoms with Crippen molar-refractivity contribution in [3.05, 3.63) is 106 Å². The monoisotopic (exact) mass is 634 g/mol. The Hall–Kier alpha value is -4.26. The predicted molar refractivity (Wildman–Crippen MR) is 163 cm³/mol. The van der Waals surface area contributed by atoms with Crippen LogP contribution < -0.4 is 5.14 Å². The highest BCUT2D eigenvalue weighted by Gasteiger charge is 2.34. The van der Waals surface area contributed by atoms with E-state index in [1.165, 1.54) is 23.5 Å². The second-order valence-corrected chi connectivity index (χ2v) is 13.0. The van der Waals surface area contributed by atoms with Gasteiger partial charge in [-0.25, -0.2) is 36.8 Å². The number of hydrogen-bond acceptors (Lipinski definition) is 7. The first kappa shape index (κ1) is 29.8. The number of primary sulfonamides is 1. The number of ether oxygens (including phenoxy) is 1. The number of aryl methyl sites for hydroxylation is 1. The lowest BCUT2D eigenvalue weighted by Gasteiger charge is -2.10. The minimum atomic E-state index is -4.24. The fourth-order valence-corrected chi connectivity index (χ4v) is 6.51. The van der Waals surface area contributed by atoms with E-state index >= 15 is 4.39 Å². The van der Waals surface area contributed by atoms with E-state index in [2.05, 4.69) is 4.98 Å². The molecule has 0 amide bonds. The zero-order valence-electron chi connectivity index (χ0n) is 23.9. The van der Waals surface area contributed by atoms with Crippen LogP contribution >= 0.6 is 11.3 Å². The SMILES string of the molecule is CCOC(=O)c1csc(-n2nc(-c3ccc(F)c(-c4ccc(C)cc4)c3)c(Cc3ccc(S(N)(=O)=O)c(F)c3)c2C2CC2)n1. The average molecular weight is 635 g/mol. The van der Waals surface area contributed by atoms with Gasteiger partial charge in [-0.05, 0) is 68.1 Å². The minimum absolute atomic E-state index is 0.131. The molecule has 3 aromatic carbocycles. The molecule has 8 nitrogen and oxygen atoms in total. The van der Waals surface area contributed by atoms with Crippen LogP contribution in [-0.2, 0) is 21.2 Å². The van der Waals surface area contributed by atoms with Crippen LogP contribution in [0.1, 0.15) is 58.6 Å². The molecule has 0 aliphatic heterocycles. The molecule has 1 aliphatic rings. The highest BCUT2D eigenvalue weighted by atomic mass is 32.2. The van der Waals surface area contributed by atoms with Gasteiger partial charge in [0.25, 0.3) is 0 Å². The van der Waals surface area contributed by atoms with E-state index in [9.17, 15) is 17.6 Å². The van der Waals surface area contributed by atoms with Crippen molar-refractivity contribution in [1.82, 2.24) is 14.8 Å². The van der Waals surface area contributed by atoms with Crippen molar-refractivity contribution in [1.29, 1.82) is 0 Å². The molecule has 1 saturated carbocycles. The first-order valence-corrected chi connectivity index (χ1v) is 16.4. The highest BCUT2D eigenvalue weighted by Crippen LogP contribution is 2.46. The van der Waals surface area contributed by atoms with Crippen molar-refractivity contribution in [3.8, 4) is 27.5 Å². The van der Waals surface area contributed by atoms with Crippen LogP contribution in [0.4, 0.5) is 8.78 Å². The molecule has 5 aromatic rings. The Bertz CT molecular complexity index is 2000. The number of halogens is 2. The number of nitrogens with zero attached hydrogens (tertiary/aromatic N) is 3. The molecule has 1 fully saturated rings. The molecule has 12 heteroatoms. The van der Waals surface area contributed by atoms with Crippen molar-refractivity contribution < 1.29 is 26.7 Å². The molecule has 0 radical (unpaired) electrons. The number of benzene rings is 3. The van der Waals surface area contributed by atoms with E-state index < -0.39 is 26.7 Å². The van der Waals surface area contributed by atoms with Gasteiger partial charge in [0.1, 0.15) is 16.5 Å². The van der Waals surface area contributed by atoms with Gasteiger partial charge in [-0.3, -0.25) is 0 Å². The van der Waals surface area contributed by atoms with Crippen LogP contribution in [0.2, 0.25) is 0 Å². The van der Waals surface area contributed by atoms with Crippen LogP contribution in [0.5, 0.6) is 0 Å². The lowest BCUT2D eigenvalue weighted by atomic mass is 9.95. The summed E-state index contributed by atoms with van der Waals surface area (Å²) < 4.78 is 60.5. The molecule has 2 heterocycles. The molecule has 0 atom stereocenters. The molecule has 226 valence electrons. The maximum Gasteiger partial charge on any atom is 0.357 e. The molecule has 0 unspecified atom stereocenters. The molecule has 2 N–H and O–H groups in total. The van der Waals surface area contributed by atoms with Gasteiger partial charge >= 0.3 is 5.97 Å². The maximum absolute atomic E-state index is 15.1. The average Bonchev–Trinajstić information content (AvgIpc) is 3.57. The van der Waals surface area contributed by atoms with Gasteiger partial charge in [0.2, 0.25) is 15.2 Å². The summed E-state index contributed by atoms with van der Waals surface area (Å²) in [5.74, 6) is -1.75. The largest absolute Gasteiger partial charge is 0.461 e. The van der Waals surface area contributed by atoms with Crippen LogP contribution in [0.15, 0.2) is 70.9 Å². The Morgan fingerprint density at radius 2 is 1.77 bits per heavy atom. The third kappa shape index (κ3) is 5.92.